The van der Waals surface area contributed by atoms with Crippen LogP contribution in [0.25, 0.3) is 0 Å². The molecule has 0 fully saturated rings. The van der Waals surface area contributed by atoms with Gasteiger partial charge >= 0.3 is 0 Å². The molecule has 90 valence electrons. The molecular formula is C14H23NO. The molecule has 1 rings (SSSR count). The van der Waals surface area contributed by atoms with Crippen molar-refractivity contribution in [2.24, 2.45) is 5.41 Å². The summed E-state index contributed by atoms with van der Waals surface area (Å²) < 4.78 is 0. The molecule has 0 aromatic heterocycles. The van der Waals surface area contributed by atoms with Crippen LogP contribution in [0.5, 0.6) is 0 Å². The highest BCUT2D eigenvalue weighted by Gasteiger charge is 2.16. The molecule has 0 radical (unpaired) electrons. The number of hydrogen-bond donors (Lipinski definition) is 2. The third-order valence-electron chi connectivity index (χ3n) is 2.91. The molecule has 2 N–H and O–H groups in total. The van der Waals surface area contributed by atoms with Crippen LogP contribution in [0.1, 0.15) is 31.9 Å². The van der Waals surface area contributed by atoms with Crippen molar-refractivity contribution in [3.05, 3.63) is 29.3 Å². The van der Waals surface area contributed by atoms with Gasteiger partial charge in [-0.25, -0.2) is 0 Å². The number of nitrogens with one attached hydrogen (secondary N) is 1. The first-order valence-corrected chi connectivity index (χ1v) is 5.93. The number of para-hydroxylation sites is 1. The Hall–Kier alpha value is -1.02. The van der Waals surface area contributed by atoms with Gasteiger partial charge in [0.05, 0.1) is 0 Å². The second kappa shape index (κ2) is 5.35. The number of aliphatic hydroxyl groups excluding tert-OH is 1. The predicted molar refractivity (Wildman–Crippen MR) is 69.9 cm³/mol. The number of aliphatic hydroxyl groups is 1. The van der Waals surface area contributed by atoms with Crippen molar-refractivity contribution in [3.63, 3.8) is 0 Å². The maximum atomic E-state index is 9.23. The second-order valence-electron chi connectivity index (χ2n) is 5.14. The molecule has 0 amide bonds. The predicted octanol–water partition coefficient (Wildman–Crippen LogP) is 2.99. The maximum Gasteiger partial charge on any atom is 0.0498 e. The van der Waals surface area contributed by atoms with Crippen LogP contribution in [0.3, 0.4) is 0 Å². The topological polar surface area (TPSA) is 32.3 Å². The Morgan fingerprint density at radius 1 is 1.31 bits per heavy atom. The van der Waals surface area contributed by atoms with E-state index in [1.165, 1.54) is 16.8 Å². The van der Waals surface area contributed by atoms with Crippen LogP contribution in [0, 0.1) is 12.3 Å². The Labute approximate surface area is 98.7 Å². The third-order valence-corrected chi connectivity index (χ3v) is 2.91. The minimum Gasteiger partial charge on any atom is -0.396 e. The minimum atomic E-state index is -0.0761. The Kier molecular flexibility index (Phi) is 4.36. The number of benzene rings is 1. The Morgan fingerprint density at radius 3 is 2.56 bits per heavy atom. The van der Waals surface area contributed by atoms with E-state index in [0.29, 0.717) is 0 Å². The molecule has 0 spiro atoms. The van der Waals surface area contributed by atoms with E-state index in [1.54, 1.807) is 0 Å². The summed E-state index contributed by atoms with van der Waals surface area (Å²) in [5.74, 6) is 0. The average molecular weight is 221 g/mol. The lowest BCUT2D eigenvalue weighted by atomic mass is 9.94. The Bertz CT molecular complexity index is 345. The van der Waals surface area contributed by atoms with E-state index in [4.69, 9.17) is 0 Å². The monoisotopic (exact) mass is 221 g/mol. The molecule has 0 saturated heterocycles. The van der Waals surface area contributed by atoms with Crippen molar-refractivity contribution in [1.82, 2.24) is 0 Å². The van der Waals surface area contributed by atoms with Gasteiger partial charge < -0.3 is 10.4 Å². The van der Waals surface area contributed by atoms with E-state index in [2.05, 4.69) is 51.2 Å². The fourth-order valence-corrected chi connectivity index (χ4v) is 1.66. The molecule has 2 heteroatoms. The molecule has 0 aliphatic carbocycles. The summed E-state index contributed by atoms with van der Waals surface area (Å²) in [6, 6.07) is 6.37. The number of aryl methyl sites for hydroxylation is 2. The third kappa shape index (κ3) is 3.24. The fourth-order valence-electron chi connectivity index (χ4n) is 1.66. The fraction of sp³-hybridized carbons (Fsp3) is 0.571. The van der Waals surface area contributed by atoms with E-state index >= 15 is 0 Å². The molecule has 0 atom stereocenters. The van der Waals surface area contributed by atoms with Gasteiger partial charge in [0.2, 0.25) is 0 Å². The first kappa shape index (κ1) is 13.0. The summed E-state index contributed by atoms with van der Waals surface area (Å²) in [7, 11) is 0. The highest BCUT2D eigenvalue weighted by molar-refractivity contribution is 5.57. The molecule has 1 aromatic carbocycles. The smallest absolute Gasteiger partial charge is 0.0498 e. The van der Waals surface area contributed by atoms with Crippen LogP contribution in [-0.2, 0) is 6.42 Å². The van der Waals surface area contributed by atoms with Crippen LogP contribution >= 0.6 is 0 Å². The molecule has 16 heavy (non-hydrogen) atoms. The van der Waals surface area contributed by atoms with Gasteiger partial charge in [-0.3, -0.25) is 0 Å². The summed E-state index contributed by atoms with van der Waals surface area (Å²) in [6.07, 6.45) is 1.03. The summed E-state index contributed by atoms with van der Waals surface area (Å²) in [5.41, 5.74) is 3.76. The van der Waals surface area contributed by atoms with Crippen molar-refractivity contribution < 1.29 is 5.11 Å². The SMILES string of the molecule is CCc1cccc(C)c1NCC(C)(C)CO. The standard InChI is InChI=1S/C14H23NO/c1-5-12-8-6-7-11(2)13(12)15-9-14(3,4)10-16/h6-8,15-16H,5,9-10H2,1-4H3. The first-order valence-electron chi connectivity index (χ1n) is 5.93. The summed E-state index contributed by atoms with van der Waals surface area (Å²) >= 11 is 0. The van der Waals surface area contributed by atoms with Crippen LogP contribution in [-0.4, -0.2) is 18.3 Å². The largest absolute Gasteiger partial charge is 0.396 e. The van der Waals surface area contributed by atoms with Crippen molar-refractivity contribution in [3.8, 4) is 0 Å². The molecule has 0 bridgehead atoms. The molecule has 0 aliphatic heterocycles. The van der Waals surface area contributed by atoms with Crippen LogP contribution in [0.15, 0.2) is 18.2 Å². The molecular weight excluding hydrogens is 198 g/mol. The summed E-state index contributed by atoms with van der Waals surface area (Å²) in [4.78, 5) is 0. The molecule has 0 saturated carbocycles. The zero-order valence-corrected chi connectivity index (χ0v) is 10.8. The highest BCUT2D eigenvalue weighted by Crippen LogP contribution is 2.23. The minimum absolute atomic E-state index is 0.0761. The zero-order valence-electron chi connectivity index (χ0n) is 10.8. The lowest BCUT2D eigenvalue weighted by molar-refractivity contribution is 0.171. The van der Waals surface area contributed by atoms with Crippen LogP contribution < -0.4 is 5.32 Å². The van der Waals surface area contributed by atoms with Gasteiger partial charge in [0.15, 0.2) is 0 Å². The second-order valence-corrected chi connectivity index (χ2v) is 5.14. The van der Waals surface area contributed by atoms with Gasteiger partial charge in [-0.2, -0.15) is 0 Å². The molecule has 2 nitrogen and oxygen atoms in total. The molecule has 0 aliphatic rings. The van der Waals surface area contributed by atoms with Gasteiger partial charge in [-0.15, -0.1) is 0 Å². The van der Waals surface area contributed by atoms with Crippen LogP contribution in [0.4, 0.5) is 5.69 Å². The molecule has 0 unspecified atom stereocenters. The van der Waals surface area contributed by atoms with Gasteiger partial charge in [0.25, 0.3) is 0 Å². The highest BCUT2D eigenvalue weighted by atomic mass is 16.3. The zero-order chi connectivity index (χ0) is 12.2. The molecule has 1 aromatic rings. The summed E-state index contributed by atoms with van der Waals surface area (Å²) in [5, 5.41) is 12.7. The van der Waals surface area contributed by atoms with Gasteiger partial charge in [0, 0.05) is 24.3 Å². The van der Waals surface area contributed by atoms with Gasteiger partial charge in [0.1, 0.15) is 0 Å². The van der Waals surface area contributed by atoms with Crippen molar-refractivity contribution in [1.29, 1.82) is 0 Å². The van der Waals surface area contributed by atoms with E-state index in [1.807, 2.05) is 0 Å². The number of rotatable bonds is 5. The lowest BCUT2D eigenvalue weighted by Gasteiger charge is -2.24. The van der Waals surface area contributed by atoms with Crippen molar-refractivity contribution in [2.45, 2.75) is 34.1 Å². The van der Waals surface area contributed by atoms with E-state index in [9.17, 15) is 5.11 Å². The maximum absolute atomic E-state index is 9.23. The number of hydrogen-bond acceptors (Lipinski definition) is 2. The normalized spacial score (nSPS) is 11.6. The average Bonchev–Trinajstić information content (AvgIpc) is 2.27. The quantitative estimate of drug-likeness (QED) is 0.801. The Morgan fingerprint density at radius 2 is 2.00 bits per heavy atom. The molecule has 0 heterocycles. The van der Waals surface area contributed by atoms with E-state index in [-0.39, 0.29) is 12.0 Å². The van der Waals surface area contributed by atoms with Crippen molar-refractivity contribution in [2.75, 3.05) is 18.5 Å². The van der Waals surface area contributed by atoms with Gasteiger partial charge in [-0.05, 0) is 24.5 Å². The van der Waals surface area contributed by atoms with E-state index < -0.39 is 0 Å². The first-order chi connectivity index (χ1) is 7.50. The summed E-state index contributed by atoms with van der Waals surface area (Å²) in [6.45, 7) is 9.40. The Balaban J connectivity index is 2.80. The van der Waals surface area contributed by atoms with E-state index in [0.717, 1.165) is 13.0 Å². The van der Waals surface area contributed by atoms with Gasteiger partial charge in [-0.1, -0.05) is 39.0 Å². The lowest BCUT2D eigenvalue weighted by Crippen LogP contribution is -2.27. The number of anilines is 1. The van der Waals surface area contributed by atoms with Crippen LogP contribution in [0.2, 0.25) is 0 Å². The van der Waals surface area contributed by atoms with Crippen molar-refractivity contribution >= 4 is 5.69 Å².